The number of amides is 2. The van der Waals surface area contributed by atoms with Crippen molar-refractivity contribution in [1.29, 1.82) is 0 Å². The third-order valence-corrected chi connectivity index (χ3v) is 4.93. The number of benzene rings is 2. The number of hydrogen-bond donors (Lipinski definition) is 1. The molecule has 2 atom stereocenters. The highest BCUT2D eigenvalue weighted by Gasteiger charge is 2.36. The Labute approximate surface area is 154 Å². The van der Waals surface area contributed by atoms with Gasteiger partial charge in [0, 0.05) is 36.7 Å². The van der Waals surface area contributed by atoms with Crippen molar-refractivity contribution < 1.29 is 23.1 Å². The number of rotatable bonds is 3. The van der Waals surface area contributed by atoms with E-state index in [1.807, 2.05) is 24.3 Å². The van der Waals surface area contributed by atoms with Crippen molar-refractivity contribution in [2.75, 3.05) is 18.1 Å². The lowest BCUT2D eigenvalue weighted by molar-refractivity contribution is -0.127. The molecule has 2 amide bonds. The van der Waals surface area contributed by atoms with E-state index < -0.39 is 17.6 Å². The molecule has 0 radical (unpaired) electrons. The molecule has 1 saturated heterocycles. The minimum absolute atomic E-state index is 0.00876. The fourth-order valence-corrected chi connectivity index (χ4v) is 3.61. The maximum atomic E-state index is 13.4. The van der Waals surface area contributed by atoms with Gasteiger partial charge in [-0.15, -0.1) is 0 Å². The van der Waals surface area contributed by atoms with Crippen molar-refractivity contribution in [3.8, 4) is 5.75 Å². The topological polar surface area (TPSA) is 58.6 Å². The van der Waals surface area contributed by atoms with Crippen LogP contribution in [0.1, 0.15) is 24.4 Å². The van der Waals surface area contributed by atoms with Crippen LogP contribution in [-0.2, 0) is 9.59 Å². The fourth-order valence-electron chi connectivity index (χ4n) is 3.61. The fraction of sp³-hybridized carbons (Fsp3) is 0.300. The molecule has 27 heavy (non-hydrogen) atoms. The van der Waals surface area contributed by atoms with E-state index in [0.29, 0.717) is 13.0 Å². The summed E-state index contributed by atoms with van der Waals surface area (Å²) >= 11 is 0. The lowest BCUT2D eigenvalue weighted by atomic mass is 9.99. The quantitative estimate of drug-likeness (QED) is 0.901. The van der Waals surface area contributed by atoms with E-state index >= 15 is 0 Å². The van der Waals surface area contributed by atoms with Crippen LogP contribution >= 0.6 is 0 Å². The lowest BCUT2D eigenvalue weighted by Gasteiger charge is -2.27. The Morgan fingerprint density at radius 3 is 2.67 bits per heavy atom. The summed E-state index contributed by atoms with van der Waals surface area (Å²) in [6, 6.07) is 10.3. The van der Waals surface area contributed by atoms with Crippen LogP contribution in [-0.4, -0.2) is 25.0 Å². The zero-order valence-electron chi connectivity index (χ0n) is 14.5. The van der Waals surface area contributed by atoms with Crippen molar-refractivity contribution in [2.24, 2.45) is 5.92 Å². The van der Waals surface area contributed by atoms with Crippen LogP contribution in [0.3, 0.4) is 0 Å². The minimum Gasteiger partial charge on any atom is -0.493 e. The highest BCUT2D eigenvalue weighted by atomic mass is 19.1. The molecule has 5 nitrogen and oxygen atoms in total. The first-order valence-corrected chi connectivity index (χ1v) is 8.80. The smallest absolute Gasteiger partial charge is 0.227 e. The SMILES string of the molecule is O=C(N[C@H]1CCOc2ccccc21)[C@H]1CC(=O)N(c2cc(F)cc(F)c2)C1. The molecule has 2 heterocycles. The van der Waals surface area contributed by atoms with Gasteiger partial charge in [0.15, 0.2) is 0 Å². The summed E-state index contributed by atoms with van der Waals surface area (Å²) in [7, 11) is 0. The summed E-state index contributed by atoms with van der Waals surface area (Å²) in [5.74, 6) is -1.92. The number of ether oxygens (including phenoxy) is 1. The Morgan fingerprint density at radius 2 is 1.89 bits per heavy atom. The van der Waals surface area contributed by atoms with Gasteiger partial charge in [0.05, 0.1) is 18.6 Å². The highest BCUT2D eigenvalue weighted by molar-refractivity contribution is 6.00. The number of carbonyl (C=O) groups excluding carboxylic acids is 2. The molecule has 0 saturated carbocycles. The summed E-state index contributed by atoms with van der Waals surface area (Å²) < 4.78 is 32.5. The van der Waals surface area contributed by atoms with Gasteiger partial charge in [0.25, 0.3) is 0 Å². The van der Waals surface area contributed by atoms with E-state index in [0.717, 1.165) is 29.5 Å². The van der Waals surface area contributed by atoms with E-state index in [-0.39, 0.29) is 36.5 Å². The number of nitrogens with zero attached hydrogens (tertiary/aromatic N) is 1. The van der Waals surface area contributed by atoms with Gasteiger partial charge in [0.1, 0.15) is 17.4 Å². The molecule has 2 aliphatic heterocycles. The van der Waals surface area contributed by atoms with E-state index in [9.17, 15) is 18.4 Å². The van der Waals surface area contributed by atoms with E-state index in [1.54, 1.807) is 0 Å². The molecule has 0 unspecified atom stereocenters. The Balaban J connectivity index is 1.47. The van der Waals surface area contributed by atoms with E-state index in [2.05, 4.69) is 5.32 Å². The molecule has 1 fully saturated rings. The van der Waals surface area contributed by atoms with Gasteiger partial charge >= 0.3 is 0 Å². The monoisotopic (exact) mass is 372 g/mol. The van der Waals surface area contributed by atoms with Gasteiger partial charge in [-0.25, -0.2) is 8.78 Å². The van der Waals surface area contributed by atoms with E-state index in [1.165, 1.54) is 4.90 Å². The van der Waals surface area contributed by atoms with Crippen LogP contribution in [0.2, 0.25) is 0 Å². The molecule has 4 rings (SSSR count). The Bertz CT molecular complexity index is 882. The van der Waals surface area contributed by atoms with Gasteiger partial charge in [-0.1, -0.05) is 18.2 Å². The maximum absolute atomic E-state index is 13.4. The normalized spacial score (nSPS) is 21.6. The lowest BCUT2D eigenvalue weighted by Crippen LogP contribution is -2.37. The van der Waals surface area contributed by atoms with Gasteiger partial charge in [0.2, 0.25) is 11.8 Å². The number of para-hydroxylation sites is 1. The minimum atomic E-state index is -0.760. The molecular formula is C20H18F2N2O3. The third-order valence-electron chi connectivity index (χ3n) is 4.93. The van der Waals surface area contributed by atoms with Crippen molar-refractivity contribution in [3.63, 3.8) is 0 Å². The van der Waals surface area contributed by atoms with Crippen molar-refractivity contribution >= 4 is 17.5 Å². The van der Waals surface area contributed by atoms with Crippen molar-refractivity contribution in [3.05, 3.63) is 59.7 Å². The molecule has 7 heteroatoms. The zero-order chi connectivity index (χ0) is 19.0. The average molecular weight is 372 g/mol. The van der Waals surface area contributed by atoms with Gasteiger partial charge in [-0.2, -0.15) is 0 Å². The van der Waals surface area contributed by atoms with Crippen molar-refractivity contribution in [1.82, 2.24) is 5.32 Å². The predicted molar refractivity (Wildman–Crippen MR) is 94.3 cm³/mol. The summed E-state index contributed by atoms with van der Waals surface area (Å²) in [4.78, 5) is 26.2. The molecule has 2 aromatic rings. The largest absolute Gasteiger partial charge is 0.493 e. The number of carbonyl (C=O) groups is 2. The van der Waals surface area contributed by atoms with Gasteiger partial charge in [-0.05, 0) is 18.2 Å². The zero-order valence-corrected chi connectivity index (χ0v) is 14.5. The van der Waals surface area contributed by atoms with Gasteiger partial charge < -0.3 is 15.0 Å². The number of halogens is 2. The highest BCUT2D eigenvalue weighted by Crippen LogP contribution is 2.33. The first kappa shape index (κ1) is 17.5. The first-order chi connectivity index (χ1) is 13.0. The van der Waals surface area contributed by atoms with Crippen LogP contribution in [0, 0.1) is 17.6 Å². The van der Waals surface area contributed by atoms with Gasteiger partial charge in [-0.3, -0.25) is 9.59 Å². The third kappa shape index (κ3) is 3.49. The van der Waals surface area contributed by atoms with Crippen LogP contribution in [0.25, 0.3) is 0 Å². The van der Waals surface area contributed by atoms with Crippen LogP contribution < -0.4 is 15.0 Å². The van der Waals surface area contributed by atoms with Crippen LogP contribution in [0.15, 0.2) is 42.5 Å². The van der Waals surface area contributed by atoms with Crippen LogP contribution in [0.5, 0.6) is 5.75 Å². The summed E-state index contributed by atoms with van der Waals surface area (Å²) in [6.07, 6.45) is 0.650. The Kier molecular flexibility index (Phi) is 4.51. The molecule has 140 valence electrons. The molecule has 0 aliphatic carbocycles. The second kappa shape index (κ2) is 6.98. The molecule has 2 aliphatic rings. The molecule has 0 spiro atoms. The summed E-state index contributed by atoms with van der Waals surface area (Å²) in [5.41, 5.74) is 1.04. The molecule has 2 aromatic carbocycles. The second-order valence-corrected chi connectivity index (χ2v) is 6.77. The molecular weight excluding hydrogens is 354 g/mol. The number of hydrogen-bond acceptors (Lipinski definition) is 3. The molecule has 0 aromatic heterocycles. The van der Waals surface area contributed by atoms with E-state index in [4.69, 9.17) is 4.74 Å². The van der Waals surface area contributed by atoms with Crippen LogP contribution in [0.4, 0.5) is 14.5 Å². The Hall–Kier alpha value is -2.96. The summed E-state index contributed by atoms with van der Waals surface area (Å²) in [6.45, 7) is 0.596. The standard InChI is InChI=1S/C20H18F2N2O3/c21-13-8-14(22)10-15(9-13)24-11-12(7-19(24)25)20(26)23-17-5-6-27-18-4-2-1-3-16(17)18/h1-4,8-10,12,17H,5-7,11H2,(H,23,26)/t12-,17-/m0/s1. The molecule has 0 bridgehead atoms. The number of fused-ring (bicyclic) bond motifs is 1. The number of anilines is 1. The van der Waals surface area contributed by atoms with Crippen molar-refractivity contribution in [2.45, 2.75) is 18.9 Å². The Morgan fingerprint density at radius 1 is 1.15 bits per heavy atom. The second-order valence-electron chi connectivity index (χ2n) is 6.77. The summed E-state index contributed by atoms with van der Waals surface area (Å²) in [5, 5.41) is 2.99. The molecule has 1 N–H and O–H groups in total. The number of nitrogens with one attached hydrogen (secondary N) is 1. The predicted octanol–water partition coefficient (Wildman–Crippen LogP) is 2.96. The first-order valence-electron chi connectivity index (χ1n) is 8.80. The maximum Gasteiger partial charge on any atom is 0.227 e. The average Bonchev–Trinajstić information content (AvgIpc) is 3.03.